The molecular weight excluding hydrogens is 262 g/mol. The fourth-order valence-corrected chi connectivity index (χ4v) is 2.39. The predicted molar refractivity (Wildman–Crippen MR) is 83.8 cm³/mol. The molecule has 0 fully saturated rings. The fourth-order valence-electron chi connectivity index (χ4n) is 2.39. The number of aliphatic hydroxyl groups is 1. The monoisotopic (exact) mass is 279 g/mol. The van der Waals surface area contributed by atoms with Crippen LogP contribution in [-0.2, 0) is 6.42 Å². The molecule has 0 spiro atoms. The van der Waals surface area contributed by atoms with Gasteiger partial charge in [0.1, 0.15) is 0 Å². The Morgan fingerprint density at radius 3 is 2.86 bits per heavy atom. The number of aryl methyl sites for hydroxylation is 1. The van der Waals surface area contributed by atoms with Gasteiger partial charge in [0.15, 0.2) is 0 Å². The lowest BCUT2D eigenvalue weighted by Gasteiger charge is -2.13. The highest BCUT2D eigenvalue weighted by atomic mass is 16.3. The summed E-state index contributed by atoms with van der Waals surface area (Å²) in [5.74, 6) is 0. The average Bonchev–Trinajstić information content (AvgIpc) is 2.49. The minimum Gasteiger partial charge on any atom is -0.398 e. The molecule has 4 heteroatoms. The Morgan fingerprint density at radius 2 is 2.05 bits per heavy atom. The van der Waals surface area contributed by atoms with Crippen molar-refractivity contribution >= 4 is 16.6 Å². The molecule has 0 aliphatic heterocycles. The van der Waals surface area contributed by atoms with E-state index in [1.54, 1.807) is 18.5 Å². The first kappa shape index (κ1) is 13.5. The van der Waals surface area contributed by atoms with Crippen LogP contribution in [0.3, 0.4) is 0 Å². The number of anilines is 1. The zero-order chi connectivity index (χ0) is 14.8. The van der Waals surface area contributed by atoms with Crippen molar-refractivity contribution in [2.45, 2.75) is 19.4 Å². The zero-order valence-electron chi connectivity index (χ0n) is 11.8. The molecule has 2 heterocycles. The highest BCUT2D eigenvalue weighted by molar-refractivity contribution is 5.79. The minimum absolute atomic E-state index is 0.449. The van der Waals surface area contributed by atoms with Crippen molar-refractivity contribution in [2.24, 2.45) is 0 Å². The summed E-state index contributed by atoms with van der Waals surface area (Å²) in [7, 11) is 0. The van der Waals surface area contributed by atoms with Crippen molar-refractivity contribution in [1.82, 2.24) is 9.97 Å². The standard InChI is InChI=1S/C17H17N3O/c1-11-2-3-12-8-13(4-5-16(12)20-11)17(21)9-14-10-19-7-6-15(14)18/h2-8,10,17,21H,9H2,1H3,(H2,18,19). The molecule has 106 valence electrons. The average molecular weight is 279 g/mol. The molecule has 3 aromatic rings. The third-order valence-corrected chi connectivity index (χ3v) is 3.59. The maximum atomic E-state index is 10.4. The summed E-state index contributed by atoms with van der Waals surface area (Å²) in [5, 5.41) is 11.4. The van der Waals surface area contributed by atoms with Crippen LogP contribution in [0.5, 0.6) is 0 Å². The smallest absolute Gasteiger partial charge is 0.0831 e. The first-order valence-electron chi connectivity index (χ1n) is 6.87. The number of nitrogen functional groups attached to an aromatic ring is 1. The summed E-state index contributed by atoms with van der Waals surface area (Å²) in [5.41, 5.74) is 10.2. The molecule has 0 aliphatic rings. The third-order valence-electron chi connectivity index (χ3n) is 3.59. The maximum absolute atomic E-state index is 10.4. The number of nitrogens with zero attached hydrogens (tertiary/aromatic N) is 2. The van der Waals surface area contributed by atoms with Gasteiger partial charge in [0, 0.05) is 35.6 Å². The van der Waals surface area contributed by atoms with Crippen molar-refractivity contribution in [3.63, 3.8) is 0 Å². The van der Waals surface area contributed by atoms with Crippen LogP contribution in [0.25, 0.3) is 10.9 Å². The van der Waals surface area contributed by atoms with E-state index >= 15 is 0 Å². The normalized spacial score (nSPS) is 12.5. The maximum Gasteiger partial charge on any atom is 0.0831 e. The number of nitrogens with two attached hydrogens (primary N) is 1. The molecule has 0 bridgehead atoms. The van der Waals surface area contributed by atoms with Gasteiger partial charge in [-0.3, -0.25) is 9.97 Å². The van der Waals surface area contributed by atoms with Gasteiger partial charge < -0.3 is 10.8 Å². The van der Waals surface area contributed by atoms with Gasteiger partial charge in [-0.05, 0) is 42.3 Å². The number of rotatable bonds is 3. The molecule has 0 saturated heterocycles. The molecule has 0 amide bonds. The number of benzene rings is 1. The van der Waals surface area contributed by atoms with Gasteiger partial charge in [0.05, 0.1) is 11.6 Å². The molecule has 2 aromatic heterocycles. The molecule has 4 nitrogen and oxygen atoms in total. The van der Waals surface area contributed by atoms with Crippen LogP contribution >= 0.6 is 0 Å². The molecule has 0 aliphatic carbocycles. The summed E-state index contributed by atoms with van der Waals surface area (Å²) < 4.78 is 0. The van der Waals surface area contributed by atoms with E-state index in [2.05, 4.69) is 9.97 Å². The quantitative estimate of drug-likeness (QED) is 0.773. The highest BCUT2D eigenvalue weighted by Crippen LogP contribution is 2.24. The molecule has 3 N–H and O–H groups in total. The fraction of sp³-hybridized carbons (Fsp3) is 0.176. The Balaban J connectivity index is 1.89. The second-order valence-electron chi connectivity index (χ2n) is 5.20. The van der Waals surface area contributed by atoms with E-state index in [4.69, 9.17) is 5.73 Å². The summed E-state index contributed by atoms with van der Waals surface area (Å²) in [6, 6.07) is 11.6. The van der Waals surface area contributed by atoms with Crippen molar-refractivity contribution < 1.29 is 5.11 Å². The van der Waals surface area contributed by atoms with Gasteiger partial charge in [-0.2, -0.15) is 0 Å². The largest absolute Gasteiger partial charge is 0.398 e. The van der Waals surface area contributed by atoms with Gasteiger partial charge in [0.2, 0.25) is 0 Å². The predicted octanol–water partition coefficient (Wildman–Crippen LogP) is 2.80. The van der Waals surface area contributed by atoms with Crippen LogP contribution in [0.2, 0.25) is 0 Å². The van der Waals surface area contributed by atoms with E-state index in [-0.39, 0.29) is 0 Å². The molecule has 21 heavy (non-hydrogen) atoms. The van der Waals surface area contributed by atoms with Gasteiger partial charge in [-0.25, -0.2) is 0 Å². The zero-order valence-corrected chi connectivity index (χ0v) is 11.8. The molecule has 1 atom stereocenters. The van der Waals surface area contributed by atoms with E-state index in [1.165, 1.54) is 0 Å². The van der Waals surface area contributed by atoms with Gasteiger partial charge in [-0.1, -0.05) is 12.1 Å². The number of aliphatic hydroxyl groups excluding tert-OH is 1. The Labute approximate surface area is 123 Å². The topological polar surface area (TPSA) is 72.0 Å². The number of hydrogen-bond acceptors (Lipinski definition) is 4. The van der Waals surface area contributed by atoms with Crippen LogP contribution < -0.4 is 5.73 Å². The summed E-state index contributed by atoms with van der Waals surface area (Å²) in [6.07, 6.45) is 3.19. The van der Waals surface area contributed by atoms with Crippen LogP contribution in [0.1, 0.15) is 22.9 Å². The first-order chi connectivity index (χ1) is 10.1. The van der Waals surface area contributed by atoms with E-state index in [0.29, 0.717) is 12.1 Å². The Kier molecular flexibility index (Phi) is 3.54. The van der Waals surface area contributed by atoms with E-state index in [1.807, 2.05) is 37.3 Å². The molecule has 1 unspecified atom stereocenters. The van der Waals surface area contributed by atoms with Crippen LogP contribution in [0, 0.1) is 6.92 Å². The Hall–Kier alpha value is -2.46. The van der Waals surface area contributed by atoms with Crippen LogP contribution in [-0.4, -0.2) is 15.1 Å². The molecule has 3 rings (SSSR count). The summed E-state index contributed by atoms with van der Waals surface area (Å²) in [6.45, 7) is 1.97. The number of aromatic nitrogens is 2. The molecular formula is C17H17N3O. The van der Waals surface area contributed by atoms with Gasteiger partial charge >= 0.3 is 0 Å². The molecule has 0 saturated carbocycles. The van der Waals surface area contributed by atoms with E-state index in [9.17, 15) is 5.11 Å². The lowest BCUT2D eigenvalue weighted by atomic mass is 10.00. The van der Waals surface area contributed by atoms with Crippen molar-refractivity contribution in [3.05, 3.63) is 65.6 Å². The van der Waals surface area contributed by atoms with Gasteiger partial charge in [-0.15, -0.1) is 0 Å². The van der Waals surface area contributed by atoms with Crippen molar-refractivity contribution in [3.8, 4) is 0 Å². The SMILES string of the molecule is Cc1ccc2cc(C(O)Cc3cnccc3N)ccc2n1. The van der Waals surface area contributed by atoms with Crippen molar-refractivity contribution in [2.75, 3.05) is 5.73 Å². The second-order valence-corrected chi connectivity index (χ2v) is 5.20. The number of fused-ring (bicyclic) bond motifs is 1. The van der Waals surface area contributed by atoms with E-state index < -0.39 is 6.10 Å². The molecule has 1 aromatic carbocycles. The van der Waals surface area contributed by atoms with Crippen LogP contribution in [0.15, 0.2) is 48.8 Å². The lowest BCUT2D eigenvalue weighted by Crippen LogP contribution is -2.05. The number of hydrogen-bond donors (Lipinski definition) is 2. The van der Waals surface area contributed by atoms with Crippen LogP contribution in [0.4, 0.5) is 5.69 Å². The Bertz CT molecular complexity index is 786. The summed E-state index contributed by atoms with van der Waals surface area (Å²) >= 11 is 0. The molecule has 0 radical (unpaired) electrons. The highest BCUT2D eigenvalue weighted by Gasteiger charge is 2.11. The number of pyridine rings is 2. The minimum atomic E-state index is -0.609. The van der Waals surface area contributed by atoms with Crippen molar-refractivity contribution in [1.29, 1.82) is 0 Å². The lowest BCUT2D eigenvalue weighted by molar-refractivity contribution is 0.178. The van der Waals surface area contributed by atoms with E-state index in [0.717, 1.165) is 27.7 Å². The third kappa shape index (κ3) is 2.85. The Morgan fingerprint density at radius 1 is 1.19 bits per heavy atom. The second kappa shape index (κ2) is 5.50. The summed E-state index contributed by atoms with van der Waals surface area (Å²) in [4.78, 5) is 8.51. The first-order valence-corrected chi connectivity index (χ1v) is 6.87. The van der Waals surface area contributed by atoms with Gasteiger partial charge in [0.25, 0.3) is 0 Å².